The molecule has 0 aliphatic rings. The molecular weight excluding hydrogens is 610 g/mol. The third kappa shape index (κ3) is 8.65. The molecule has 0 heterocycles. The lowest BCUT2D eigenvalue weighted by Gasteiger charge is -2.34. The summed E-state index contributed by atoms with van der Waals surface area (Å²) in [7, 11) is -2.70. The van der Waals surface area contributed by atoms with Gasteiger partial charge in [-0.3, -0.25) is 13.9 Å². The fraction of sp³-hybridized carbons (Fsp3) is 0.257. The fourth-order valence-corrected chi connectivity index (χ4v) is 6.63. The summed E-state index contributed by atoms with van der Waals surface area (Å²) in [5.74, 6) is -0.338. The Kier molecular flexibility index (Phi) is 11.3. The van der Waals surface area contributed by atoms with Crippen molar-refractivity contribution in [1.82, 2.24) is 10.2 Å². The van der Waals surface area contributed by atoms with E-state index in [2.05, 4.69) is 5.32 Å². The molecule has 4 aromatic rings. The van der Waals surface area contributed by atoms with Crippen LogP contribution >= 0.6 is 11.6 Å². The maximum absolute atomic E-state index is 14.5. The van der Waals surface area contributed by atoms with Crippen LogP contribution in [0.5, 0.6) is 5.75 Å². The number of aryl methyl sites for hydroxylation is 1. The number of methoxy groups -OCH3 is 1. The average Bonchev–Trinajstić information content (AvgIpc) is 3.02. The minimum Gasteiger partial charge on any atom is -0.497 e. The molecule has 0 fully saturated rings. The standard InChI is InChI=1S/C35H38ClN3O5S/c1-25(2)37-35(41)33(22-27-11-6-5-7-12-27)38(23-28-13-10-14-29(21-28)44-4)34(40)24-39(32-16-9-8-15-31(32)36)45(42,43)30-19-17-26(3)18-20-30/h5-21,25,33H,22-24H2,1-4H3,(H,37,41)/t33-/m1/s1. The number of anilines is 1. The number of carbonyl (C=O) groups excluding carboxylic acids is 2. The van der Waals surface area contributed by atoms with Gasteiger partial charge in [-0.05, 0) is 68.3 Å². The predicted octanol–water partition coefficient (Wildman–Crippen LogP) is 6.02. The Morgan fingerprint density at radius 2 is 1.51 bits per heavy atom. The summed E-state index contributed by atoms with van der Waals surface area (Å²) >= 11 is 6.53. The van der Waals surface area contributed by atoms with Crippen molar-refractivity contribution in [2.75, 3.05) is 18.0 Å². The number of halogens is 1. The second kappa shape index (κ2) is 15.1. The molecule has 0 unspecified atom stereocenters. The van der Waals surface area contributed by atoms with E-state index in [1.54, 1.807) is 61.7 Å². The largest absolute Gasteiger partial charge is 0.497 e. The number of para-hydroxylation sites is 1. The normalized spacial score (nSPS) is 12.0. The first-order valence-corrected chi connectivity index (χ1v) is 16.4. The highest BCUT2D eigenvalue weighted by molar-refractivity contribution is 7.92. The van der Waals surface area contributed by atoms with E-state index in [0.29, 0.717) is 11.3 Å². The molecule has 10 heteroatoms. The quantitative estimate of drug-likeness (QED) is 0.192. The number of hydrogen-bond donors (Lipinski definition) is 1. The molecule has 4 aromatic carbocycles. The molecule has 0 aliphatic heterocycles. The molecule has 0 saturated heterocycles. The molecule has 45 heavy (non-hydrogen) atoms. The minimum atomic E-state index is -4.25. The van der Waals surface area contributed by atoms with Gasteiger partial charge in [0.1, 0.15) is 18.3 Å². The Bertz CT molecular complexity index is 1710. The van der Waals surface area contributed by atoms with Gasteiger partial charge in [-0.15, -0.1) is 0 Å². The molecule has 1 atom stereocenters. The van der Waals surface area contributed by atoms with Crippen LogP contribution in [0.25, 0.3) is 0 Å². The zero-order chi connectivity index (χ0) is 32.6. The third-order valence-electron chi connectivity index (χ3n) is 7.20. The summed E-state index contributed by atoms with van der Waals surface area (Å²) in [4.78, 5) is 29.8. The van der Waals surface area contributed by atoms with Crippen molar-refractivity contribution < 1.29 is 22.7 Å². The number of amides is 2. The molecule has 0 aromatic heterocycles. The first kappa shape index (κ1) is 33.6. The van der Waals surface area contributed by atoms with E-state index in [0.717, 1.165) is 15.4 Å². The number of sulfonamides is 1. The Morgan fingerprint density at radius 3 is 2.16 bits per heavy atom. The van der Waals surface area contributed by atoms with E-state index in [4.69, 9.17) is 16.3 Å². The topological polar surface area (TPSA) is 96.0 Å². The minimum absolute atomic E-state index is 0.0125. The molecule has 0 aliphatic carbocycles. The van der Waals surface area contributed by atoms with Gasteiger partial charge in [-0.25, -0.2) is 8.42 Å². The molecule has 4 rings (SSSR count). The zero-order valence-electron chi connectivity index (χ0n) is 25.8. The van der Waals surface area contributed by atoms with Crippen LogP contribution in [0.1, 0.15) is 30.5 Å². The molecule has 0 saturated carbocycles. The summed E-state index contributed by atoms with van der Waals surface area (Å²) in [6.07, 6.45) is 0.214. The summed E-state index contributed by atoms with van der Waals surface area (Å²) in [5.41, 5.74) is 2.60. The molecule has 0 radical (unpaired) electrons. The van der Waals surface area contributed by atoms with Crippen LogP contribution in [-0.4, -0.2) is 50.9 Å². The summed E-state index contributed by atoms with van der Waals surface area (Å²) < 4.78 is 34.7. The lowest BCUT2D eigenvalue weighted by atomic mass is 10.0. The number of nitrogens with zero attached hydrogens (tertiary/aromatic N) is 2. The number of hydrogen-bond acceptors (Lipinski definition) is 5. The van der Waals surface area contributed by atoms with Crippen molar-refractivity contribution in [3.63, 3.8) is 0 Å². The van der Waals surface area contributed by atoms with Crippen molar-refractivity contribution in [3.8, 4) is 5.75 Å². The third-order valence-corrected chi connectivity index (χ3v) is 9.29. The SMILES string of the molecule is COc1cccc(CN(C(=O)CN(c2ccccc2Cl)S(=O)(=O)c2ccc(C)cc2)[C@H](Cc2ccccc2)C(=O)NC(C)C)c1. The van der Waals surface area contributed by atoms with Crippen LogP contribution in [0.15, 0.2) is 108 Å². The number of ether oxygens (including phenoxy) is 1. The van der Waals surface area contributed by atoms with Gasteiger partial charge in [0.05, 0.1) is 22.7 Å². The fourth-order valence-electron chi connectivity index (χ4n) is 4.91. The lowest BCUT2D eigenvalue weighted by molar-refractivity contribution is -0.140. The summed E-state index contributed by atoms with van der Waals surface area (Å²) in [5, 5.41) is 3.12. The van der Waals surface area contributed by atoms with E-state index in [-0.39, 0.29) is 40.5 Å². The van der Waals surface area contributed by atoms with E-state index >= 15 is 0 Å². The smallest absolute Gasteiger partial charge is 0.264 e. The molecule has 0 bridgehead atoms. The van der Waals surface area contributed by atoms with Crippen molar-refractivity contribution in [1.29, 1.82) is 0 Å². The van der Waals surface area contributed by atoms with Crippen LogP contribution < -0.4 is 14.4 Å². The molecule has 1 N–H and O–H groups in total. The molecule has 8 nitrogen and oxygen atoms in total. The first-order chi connectivity index (χ1) is 21.5. The van der Waals surface area contributed by atoms with Crippen LogP contribution in [-0.2, 0) is 32.6 Å². The Labute approximate surface area is 270 Å². The van der Waals surface area contributed by atoms with E-state index in [1.807, 2.05) is 57.2 Å². The highest BCUT2D eigenvalue weighted by Crippen LogP contribution is 2.31. The number of carbonyl (C=O) groups is 2. The van der Waals surface area contributed by atoms with Crippen molar-refractivity contribution in [2.45, 2.75) is 50.7 Å². The molecule has 0 spiro atoms. The molecule has 2 amide bonds. The van der Waals surface area contributed by atoms with Crippen LogP contribution in [0.4, 0.5) is 5.69 Å². The second-order valence-corrected chi connectivity index (χ2v) is 13.3. The Hall–Kier alpha value is -4.34. The number of benzene rings is 4. The molecular formula is C35H38ClN3O5S. The zero-order valence-corrected chi connectivity index (χ0v) is 27.4. The van der Waals surface area contributed by atoms with Crippen LogP contribution in [0.2, 0.25) is 5.02 Å². The van der Waals surface area contributed by atoms with Gasteiger partial charge in [0.15, 0.2) is 0 Å². The Balaban J connectivity index is 1.82. The maximum atomic E-state index is 14.5. The highest BCUT2D eigenvalue weighted by atomic mass is 35.5. The van der Waals surface area contributed by atoms with Gasteiger partial charge in [-0.2, -0.15) is 0 Å². The number of rotatable bonds is 13. The maximum Gasteiger partial charge on any atom is 0.264 e. The van der Waals surface area contributed by atoms with Gasteiger partial charge in [-0.1, -0.05) is 83.9 Å². The monoisotopic (exact) mass is 647 g/mol. The van der Waals surface area contributed by atoms with E-state index in [1.165, 1.54) is 17.0 Å². The van der Waals surface area contributed by atoms with E-state index < -0.39 is 28.5 Å². The molecule has 236 valence electrons. The highest BCUT2D eigenvalue weighted by Gasteiger charge is 2.35. The first-order valence-electron chi connectivity index (χ1n) is 14.6. The van der Waals surface area contributed by atoms with Gasteiger partial charge in [0.2, 0.25) is 11.8 Å². The summed E-state index contributed by atoms with van der Waals surface area (Å²) in [6.45, 7) is 4.99. The van der Waals surface area contributed by atoms with Crippen molar-refractivity contribution in [3.05, 3.63) is 125 Å². The number of nitrogens with one attached hydrogen (secondary N) is 1. The Morgan fingerprint density at radius 1 is 0.867 bits per heavy atom. The van der Waals surface area contributed by atoms with Crippen LogP contribution in [0, 0.1) is 6.92 Å². The average molecular weight is 648 g/mol. The predicted molar refractivity (Wildman–Crippen MR) is 178 cm³/mol. The van der Waals surface area contributed by atoms with Gasteiger partial charge in [0, 0.05) is 19.0 Å². The van der Waals surface area contributed by atoms with Crippen LogP contribution in [0.3, 0.4) is 0 Å². The van der Waals surface area contributed by atoms with Crippen molar-refractivity contribution >= 4 is 39.1 Å². The second-order valence-electron chi connectivity index (χ2n) is 11.0. The summed E-state index contributed by atoms with van der Waals surface area (Å²) in [6, 6.07) is 28.3. The lowest BCUT2D eigenvalue weighted by Crippen LogP contribution is -2.54. The van der Waals surface area contributed by atoms with E-state index in [9.17, 15) is 18.0 Å². The van der Waals surface area contributed by atoms with Gasteiger partial charge < -0.3 is 15.0 Å². The van der Waals surface area contributed by atoms with Gasteiger partial charge >= 0.3 is 0 Å². The van der Waals surface area contributed by atoms with Crippen molar-refractivity contribution in [2.24, 2.45) is 0 Å². The van der Waals surface area contributed by atoms with Gasteiger partial charge in [0.25, 0.3) is 10.0 Å².